The first kappa shape index (κ1) is 11.8. The zero-order valence-corrected chi connectivity index (χ0v) is 11.9. The molecule has 86 valence electrons. The smallest absolute Gasteiger partial charge is 0.230 e. The SMILES string of the molecule is CPn1cc2cc(Br)c(OC(C)C)nc2n1. The number of aromatic nitrogens is 3. The molecule has 0 amide bonds. The molecule has 0 aliphatic carbocycles. The van der Waals surface area contributed by atoms with Crippen LogP contribution in [0.1, 0.15) is 13.8 Å². The van der Waals surface area contributed by atoms with Crippen LogP contribution in [0, 0.1) is 0 Å². The van der Waals surface area contributed by atoms with E-state index in [1.165, 1.54) is 0 Å². The molecule has 0 radical (unpaired) electrons. The van der Waals surface area contributed by atoms with Crippen LogP contribution in [0.4, 0.5) is 0 Å². The summed E-state index contributed by atoms with van der Waals surface area (Å²) in [5.41, 5.74) is 0.730. The fraction of sp³-hybridized carbons (Fsp3) is 0.400. The fourth-order valence-corrected chi connectivity index (χ4v) is 2.23. The zero-order chi connectivity index (χ0) is 11.7. The number of halogens is 1. The van der Waals surface area contributed by atoms with Crippen LogP contribution >= 0.6 is 24.7 Å². The van der Waals surface area contributed by atoms with Gasteiger partial charge in [-0.15, -0.1) is 5.10 Å². The molecule has 4 nitrogen and oxygen atoms in total. The Morgan fingerprint density at radius 2 is 2.25 bits per heavy atom. The van der Waals surface area contributed by atoms with E-state index in [0.29, 0.717) is 14.6 Å². The maximum absolute atomic E-state index is 5.59. The molecule has 0 aromatic carbocycles. The second-order valence-electron chi connectivity index (χ2n) is 3.65. The third-order valence-electron chi connectivity index (χ3n) is 1.99. The molecule has 0 aliphatic rings. The van der Waals surface area contributed by atoms with Gasteiger partial charge >= 0.3 is 0 Å². The van der Waals surface area contributed by atoms with Crippen molar-refractivity contribution < 1.29 is 4.74 Å². The number of nitrogens with zero attached hydrogens (tertiary/aromatic N) is 3. The first-order valence-electron chi connectivity index (χ1n) is 5.00. The van der Waals surface area contributed by atoms with Gasteiger partial charge in [0.25, 0.3) is 0 Å². The molecule has 16 heavy (non-hydrogen) atoms. The van der Waals surface area contributed by atoms with Crippen LogP contribution in [0.2, 0.25) is 0 Å². The van der Waals surface area contributed by atoms with Crippen LogP contribution in [0.15, 0.2) is 16.7 Å². The van der Waals surface area contributed by atoms with Crippen LogP contribution in [-0.2, 0) is 0 Å². The van der Waals surface area contributed by atoms with Gasteiger partial charge in [-0.2, -0.15) is 4.98 Å². The highest BCUT2D eigenvalue weighted by Crippen LogP contribution is 2.28. The van der Waals surface area contributed by atoms with Gasteiger partial charge in [0.05, 0.1) is 10.6 Å². The Hall–Kier alpha value is -0.670. The predicted octanol–water partition coefficient (Wildman–Crippen LogP) is 3.05. The van der Waals surface area contributed by atoms with E-state index in [9.17, 15) is 0 Å². The number of ether oxygens (including phenoxy) is 1. The topological polar surface area (TPSA) is 39.9 Å². The van der Waals surface area contributed by atoms with E-state index in [1.54, 1.807) is 0 Å². The summed E-state index contributed by atoms with van der Waals surface area (Å²) in [6.07, 6.45) is 2.10. The van der Waals surface area contributed by atoms with Crippen molar-refractivity contribution in [2.45, 2.75) is 20.0 Å². The molecule has 2 aromatic rings. The van der Waals surface area contributed by atoms with Crippen LogP contribution < -0.4 is 4.74 Å². The Bertz CT molecular complexity index is 512. The molecule has 2 aromatic heterocycles. The molecule has 2 heterocycles. The highest BCUT2D eigenvalue weighted by molar-refractivity contribution is 9.10. The molecule has 0 fully saturated rings. The normalized spacial score (nSPS) is 12.1. The lowest BCUT2D eigenvalue weighted by Crippen LogP contribution is -2.07. The highest BCUT2D eigenvalue weighted by Gasteiger charge is 2.10. The third-order valence-corrected chi connectivity index (χ3v) is 3.25. The quantitative estimate of drug-likeness (QED) is 0.818. The van der Waals surface area contributed by atoms with Gasteiger partial charge in [-0.25, -0.2) is 0 Å². The average Bonchev–Trinajstić information content (AvgIpc) is 2.59. The lowest BCUT2D eigenvalue weighted by Gasteiger charge is -2.09. The minimum atomic E-state index is 0.108. The Labute approximate surface area is 104 Å². The van der Waals surface area contributed by atoms with Crippen molar-refractivity contribution in [3.05, 3.63) is 16.7 Å². The maximum Gasteiger partial charge on any atom is 0.230 e. The second-order valence-corrected chi connectivity index (χ2v) is 5.41. The van der Waals surface area contributed by atoms with Crippen molar-refractivity contribution in [2.75, 3.05) is 6.66 Å². The molecule has 0 bridgehead atoms. The Morgan fingerprint density at radius 3 is 2.88 bits per heavy atom. The summed E-state index contributed by atoms with van der Waals surface area (Å²) >= 11 is 3.45. The number of hydrogen-bond donors (Lipinski definition) is 0. The lowest BCUT2D eigenvalue weighted by atomic mass is 10.3. The van der Waals surface area contributed by atoms with E-state index in [-0.39, 0.29) is 6.10 Å². The molecule has 2 rings (SSSR count). The molecule has 1 unspecified atom stereocenters. The van der Waals surface area contributed by atoms with E-state index in [0.717, 1.165) is 15.5 Å². The highest BCUT2D eigenvalue weighted by atomic mass is 79.9. The first-order chi connectivity index (χ1) is 7.60. The number of fused-ring (bicyclic) bond motifs is 1. The summed E-state index contributed by atoms with van der Waals surface area (Å²) in [5.74, 6) is 0.604. The lowest BCUT2D eigenvalue weighted by molar-refractivity contribution is 0.231. The van der Waals surface area contributed by atoms with E-state index in [4.69, 9.17) is 4.74 Å². The van der Waals surface area contributed by atoms with Crippen molar-refractivity contribution >= 4 is 35.7 Å². The molecule has 0 aliphatic heterocycles. The zero-order valence-electron chi connectivity index (χ0n) is 9.36. The van der Waals surface area contributed by atoms with Crippen molar-refractivity contribution in [1.29, 1.82) is 0 Å². The summed E-state index contributed by atoms with van der Waals surface area (Å²) in [4.78, 5) is 4.39. The van der Waals surface area contributed by atoms with Gasteiger partial charge in [0.15, 0.2) is 5.65 Å². The molecule has 0 saturated heterocycles. The molecular formula is C10H13BrN3OP. The third kappa shape index (κ3) is 2.36. The van der Waals surface area contributed by atoms with Gasteiger partial charge in [0.2, 0.25) is 5.88 Å². The summed E-state index contributed by atoms with van der Waals surface area (Å²) in [5, 5.41) is 5.38. The Morgan fingerprint density at radius 1 is 1.50 bits per heavy atom. The maximum atomic E-state index is 5.59. The molecular weight excluding hydrogens is 289 g/mol. The molecule has 0 spiro atoms. The first-order valence-corrected chi connectivity index (χ1v) is 7.24. The molecule has 6 heteroatoms. The van der Waals surface area contributed by atoms with Crippen LogP contribution in [0.3, 0.4) is 0 Å². The van der Waals surface area contributed by atoms with Crippen molar-refractivity contribution in [2.24, 2.45) is 0 Å². The average molecular weight is 302 g/mol. The molecule has 1 atom stereocenters. The molecule has 0 N–H and O–H groups in total. The number of pyridine rings is 1. The van der Waals surface area contributed by atoms with Gasteiger partial charge < -0.3 is 4.74 Å². The largest absolute Gasteiger partial charge is 0.474 e. The van der Waals surface area contributed by atoms with E-state index >= 15 is 0 Å². The minimum absolute atomic E-state index is 0.108. The Kier molecular flexibility index (Phi) is 3.45. The minimum Gasteiger partial charge on any atom is -0.474 e. The fourth-order valence-electron chi connectivity index (χ4n) is 1.34. The second kappa shape index (κ2) is 4.68. The van der Waals surface area contributed by atoms with Crippen molar-refractivity contribution in [3.8, 4) is 5.88 Å². The van der Waals surface area contributed by atoms with Gasteiger partial charge in [-0.05, 0) is 51.2 Å². The van der Waals surface area contributed by atoms with Crippen molar-refractivity contribution in [1.82, 2.24) is 14.5 Å². The van der Waals surface area contributed by atoms with Gasteiger partial charge in [-0.3, -0.25) is 4.45 Å². The van der Waals surface area contributed by atoms with Gasteiger partial charge in [0, 0.05) is 11.6 Å². The van der Waals surface area contributed by atoms with Crippen molar-refractivity contribution in [3.63, 3.8) is 0 Å². The van der Waals surface area contributed by atoms with Crippen LogP contribution in [0.5, 0.6) is 5.88 Å². The summed E-state index contributed by atoms with van der Waals surface area (Å²) in [6.45, 7) is 6.03. The predicted molar refractivity (Wildman–Crippen MR) is 70.6 cm³/mol. The Balaban J connectivity index is 2.47. The number of rotatable bonds is 3. The standard InChI is InChI=1S/C10H13BrN3OP/c1-6(2)15-10-8(11)4-7-5-14(16-3)13-9(7)12-10/h4-6,16H,1-3H3. The summed E-state index contributed by atoms with van der Waals surface area (Å²) < 4.78 is 8.35. The van der Waals surface area contributed by atoms with E-state index < -0.39 is 0 Å². The monoisotopic (exact) mass is 301 g/mol. The van der Waals surface area contributed by atoms with Crippen LogP contribution in [0.25, 0.3) is 11.0 Å². The van der Waals surface area contributed by atoms with Crippen LogP contribution in [-0.4, -0.2) is 27.3 Å². The summed E-state index contributed by atoms with van der Waals surface area (Å²) in [7, 11) is 0.612. The van der Waals surface area contributed by atoms with Gasteiger partial charge in [-0.1, -0.05) is 0 Å². The number of hydrogen-bond acceptors (Lipinski definition) is 3. The van der Waals surface area contributed by atoms with E-state index in [2.05, 4.69) is 32.7 Å². The summed E-state index contributed by atoms with van der Waals surface area (Å²) in [6, 6.07) is 1.99. The molecule has 0 saturated carbocycles. The van der Waals surface area contributed by atoms with Gasteiger partial charge in [0.1, 0.15) is 0 Å². The van der Waals surface area contributed by atoms with E-state index in [1.807, 2.05) is 30.6 Å².